The van der Waals surface area contributed by atoms with Gasteiger partial charge in [-0.1, -0.05) is 0 Å². The van der Waals surface area contributed by atoms with E-state index in [1.807, 2.05) is 0 Å². The standard InChI is InChI=1S/C13H9FN2O2S/c14-11-2-1-10(5-9(11)6-15)16-7-8-3-4-19-12(8)13(17)18/h1-5,16H,7H2,(H,17,18). The number of rotatable bonds is 4. The van der Waals surface area contributed by atoms with Gasteiger partial charge in [-0.3, -0.25) is 0 Å². The van der Waals surface area contributed by atoms with Crippen LogP contribution in [0.4, 0.5) is 10.1 Å². The molecule has 0 spiro atoms. The van der Waals surface area contributed by atoms with E-state index in [4.69, 9.17) is 10.4 Å². The van der Waals surface area contributed by atoms with E-state index in [9.17, 15) is 9.18 Å². The molecular formula is C13H9FN2O2S. The van der Waals surface area contributed by atoms with Gasteiger partial charge >= 0.3 is 5.97 Å². The Labute approximate surface area is 112 Å². The highest BCUT2D eigenvalue weighted by Gasteiger charge is 2.11. The van der Waals surface area contributed by atoms with Crippen molar-refractivity contribution in [1.82, 2.24) is 0 Å². The van der Waals surface area contributed by atoms with Crippen LogP contribution in [0.3, 0.4) is 0 Å². The fraction of sp³-hybridized carbons (Fsp3) is 0.0769. The largest absolute Gasteiger partial charge is 0.477 e. The highest BCUT2D eigenvalue weighted by molar-refractivity contribution is 7.12. The Balaban J connectivity index is 2.13. The maximum absolute atomic E-state index is 13.1. The molecule has 0 saturated heterocycles. The van der Waals surface area contributed by atoms with Crippen LogP contribution in [0.5, 0.6) is 0 Å². The summed E-state index contributed by atoms with van der Waals surface area (Å²) in [5.41, 5.74) is 1.18. The molecule has 1 heterocycles. The van der Waals surface area contributed by atoms with Crippen molar-refractivity contribution in [2.45, 2.75) is 6.54 Å². The first-order valence-corrected chi connectivity index (χ1v) is 6.23. The molecule has 0 amide bonds. The quantitative estimate of drug-likeness (QED) is 0.900. The fourth-order valence-corrected chi connectivity index (χ4v) is 2.34. The summed E-state index contributed by atoms with van der Waals surface area (Å²) >= 11 is 1.15. The number of thiophene rings is 1. The van der Waals surface area contributed by atoms with Gasteiger partial charge in [-0.05, 0) is 35.2 Å². The lowest BCUT2D eigenvalue weighted by atomic mass is 10.2. The molecule has 0 unspecified atom stereocenters. The molecule has 0 saturated carbocycles. The molecule has 0 aliphatic carbocycles. The molecule has 4 nitrogen and oxygen atoms in total. The summed E-state index contributed by atoms with van der Waals surface area (Å²) in [5, 5.41) is 22.3. The normalized spacial score (nSPS) is 9.89. The zero-order chi connectivity index (χ0) is 13.8. The topological polar surface area (TPSA) is 73.1 Å². The molecule has 0 atom stereocenters. The van der Waals surface area contributed by atoms with E-state index in [2.05, 4.69) is 5.32 Å². The molecule has 6 heteroatoms. The predicted molar refractivity (Wildman–Crippen MR) is 69.7 cm³/mol. The number of halogens is 1. The van der Waals surface area contributed by atoms with Gasteiger partial charge in [0.2, 0.25) is 0 Å². The van der Waals surface area contributed by atoms with Gasteiger partial charge in [0.1, 0.15) is 16.8 Å². The first-order valence-electron chi connectivity index (χ1n) is 5.35. The lowest BCUT2D eigenvalue weighted by Crippen LogP contribution is -2.04. The minimum atomic E-state index is -0.969. The Morgan fingerprint density at radius 3 is 2.95 bits per heavy atom. The van der Waals surface area contributed by atoms with Crippen molar-refractivity contribution < 1.29 is 14.3 Å². The highest BCUT2D eigenvalue weighted by Crippen LogP contribution is 2.19. The third kappa shape index (κ3) is 2.89. The first-order chi connectivity index (χ1) is 9.11. The number of carboxylic acid groups (broad SMARTS) is 1. The number of nitrogens with one attached hydrogen (secondary N) is 1. The molecule has 0 aliphatic heterocycles. The van der Waals surface area contributed by atoms with Crippen LogP contribution < -0.4 is 5.32 Å². The van der Waals surface area contributed by atoms with Crippen molar-refractivity contribution >= 4 is 23.0 Å². The lowest BCUT2D eigenvalue weighted by molar-refractivity contribution is 0.0701. The van der Waals surface area contributed by atoms with Gasteiger partial charge < -0.3 is 10.4 Å². The van der Waals surface area contributed by atoms with Crippen LogP contribution in [-0.2, 0) is 6.54 Å². The second-order valence-electron chi connectivity index (χ2n) is 3.74. The third-order valence-corrected chi connectivity index (χ3v) is 3.46. The van der Waals surface area contributed by atoms with Crippen molar-refractivity contribution in [2.24, 2.45) is 0 Å². The van der Waals surface area contributed by atoms with Crippen LogP contribution in [0.15, 0.2) is 29.6 Å². The van der Waals surface area contributed by atoms with Crippen LogP contribution in [0, 0.1) is 17.1 Å². The number of nitriles is 1. The molecule has 96 valence electrons. The number of hydrogen-bond donors (Lipinski definition) is 2. The van der Waals surface area contributed by atoms with Gasteiger partial charge in [0.25, 0.3) is 0 Å². The van der Waals surface area contributed by atoms with E-state index >= 15 is 0 Å². The van der Waals surface area contributed by atoms with E-state index in [-0.39, 0.29) is 10.4 Å². The van der Waals surface area contributed by atoms with Gasteiger partial charge in [0, 0.05) is 12.2 Å². The van der Waals surface area contributed by atoms with Crippen LogP contribution in [0.1, 0.15) is 20.8 Å². The van der Waals surface area contributed by atoms with Crippen LogP contribution in [0.25, 0.3) is 0 Å². The molecule has 1 aromatic carbocycles. The second kappa shape index (κ2) is 5.50. The molecule has 1 aromatic heterocycles. The summed E-state index contributed by atoms with van der Waals surface area (Å²) in [6.07, 6.45) is 0. The predicted octanol–water partition coefficient (Wildman–Crippen LogP) is 3.07. The maximum Gasteiger partial charge on any atom is 0.346 e. The number of carbonyl (C=O) groups is 1. The molecule has 0 bridgehead atoms. The van der Waals surface area contributed by atoms with Crippen LogP contribution in [0.2, 0.25) is 0 Å². The summed E-state index contributed by atoms with van der Waals surface area (Å²) in [4.78, 5) is 11.2. The van der Waals surface area contributed by atoms with E-state index in [0.29, 0.717) is 17.8 Å². The highest BCUT2D eigenvalue weighted by atomic mass is 32.1. The molecule has 2 rings (SSSR count). The van der Waals surface area contributed by atoms with Crippen LogP contribution >= 0.6 is 11.3 Å². The van der Waals surface area contributed by atoms with E-state index in [1.54, 1.807) is 17.5 Å². The summed E-state index contributed by atoms with van der Waals surface area (Å²) in [7, 11) is 0. The number of aromatic carboxylic acids is 1. The molecule has 0 radical (unpaired) electrons. The molecular weight excluding hydrogens is 267 g/mol. The van der Waals surface area contributed by atoms with Crippen molar-refractivity contribution in [3.8, 4) is 6.07 Å². The number of anilines is 1. The summed E-state index contributed by atoms with van der Waals surface area (Å²) in [5.74, 6) is -1.54. The van der Waals surface area contributed by atoms with Gasteiger partial charge in [-0.2, -0.15) is 5.26 Å². The number of carboxylic acids is 1. The third-order valence-electron chi connectivity index (χ3n) is 2.51. The number of hydrogen-bond acceptors (Lipinski definition) is 4. The SMILES string of the molecule is N#Cc1cc(NCc2ccsc2C(=O)O)ccc1F. The zero-order valence-electron chi connectivity index (χ0n) is 9.68. The maximum atomic E-state index is 13.1. The fourth-order valence-electron chi connectivity index (χ4n) is 1.58. The first kappa shape index (κ1) is 13.1. The summed E-state index contributed by atoms with van der Waals surface area (Å²) < 4.78 is 13.1. The smallest absolute Gasteiger partial charge is 0.346 e. The summed E-state index contributed by atoms with van der Waals surface area (Å²) in [6.45, 7) is 0.307. The minimum Gasteiger partial charge on any atom is -0.477 e. The second-order valence-corrected chi connectivity index (χ2v) is 4.66. The Morgan fingerprint density at radius 2 is 2.26 bits per heavy atom. The van der Waals surface area contributed by atoms with Gasteiger partial charge in [0.15, 0.2) is 0 Å². The van der Waals surface area contributed by atoms with Gasteiger partial charge in [0.05, 0.1) is 5.56 Å². The van der Waals surface area contributed by atoms with Gasteiger partial charge in [-0.25, -0.2) is 9.18 Å². The number of nitrogens with zero attached hydrogens (tertiary/aromatic N) is 1. The zero-order valence-corrected chi connectivity index (χ0v) is 10.5. The van der Waals surface area contributed by atoms with E-state index < -0.39 is 11.8 Å². The average Bonchev–Trinajstić information content (AvgIpc) is 2.86. The average molecular weight is 276 g/mol. The molecule has 0 aliphatic rings. The Bertz CT molecular complexity index is 661. The Kier molecular flexibility index (Phi) is 3.78. The monoisotopic (exact) mass is 276 g/mol. The van der Waals surface area contributed by atoms with E-state index in [0.717, 1.165) is 11.3 Å². The molecule has 2 aromatic rings. The van der Waals surface area contributed by atoms with Crippen molar-refractivity contribution in [3.05, 3.63) is 51.5 Å². The summed E-state index contributed by atoms with van der Waals surface area (Å²) in [6, 6.07) is 7.56. The van der Waals surface area contributed by atoms with Crippen LogP contribution in [-0.4, -0.2) is 11.1 Å². The Morgan fingerprint density at radius 1 is 1.47 bits per heavy atom. The molecule has 19 heavy (non-hydrogen) atoms. The molecule has 0 fully saturated rings. The van der Waals surface area contributed by atoms with Gasteiger partial charge in [-0.15, -0.1) is 11.3 Å². The van der Waals surface area contributed by atoms with Crippen molar-refractivity contribution in [2.75, 3.05) is 5.32 Å². The Hall–Kier alpha value is -2.39. The lowest BCUT2D eigenvalue weighted by Gasteiger charge is -2.06. The molecule has 2 N–H and O–H groups in total. The number of benzene rings is 1. The van der Waals surface area contributed by atoms with Crippen molar-refractivity contribution in [1.29, 1.82) is 5.26 Å². The van der Waals surface area contributed by atoms with E-state index in [1.165, 1.54) is 18.2 Å². The minimum absolute atomic E-state index is 0.0474. The van der Waals surface area contributed by atoms with Crippen molar-refractivity contribution in [3.63, 3.8) is 0 Å².